The first-order chi connectivity index (χ1) is 28.3. The van der Waals surface area contributed by atoms with Crippen LogP contribution in [0.15, 0.2) is 122 Å². The quantitative estimate of drug-likeness (QED) is 0.0240. The molecule has 328 valence electrons. The molecule has 0 bridgehead atoms. The Morgan fingerprint density at radius 2 is 0.931 bits per heavy atom. The first kappa shape index (κ1) is 54.9. The lowest BCUT2D eigenvalue weighted by Crippen LogP contribution is -2.29. The van der Waals surface area contributed by atoms with E-state index in [1.807, 2.05) is 12.2 Å². The summed E-state index contributed by atoms with van der Waals surface area (Å²) in [5, 5.41) is 18.3. The number of hydrogen-bond acceptors (Lipinski definition) is 8. The Labute approximate surface area is 352 Å². The molecule has 0 heterocycles. The Morgan fingerprint density at radius 3 is 1.40 bits per heavy atom. The molecule has 0 saturated heterocycles. The van der Waals surface area contributed by atoms with Crippen LogP contribution < -0.4 is 0 Å². The average molecular weight is 829 g/mol. The minimum atomic E-state index is -4.55. The van der Waals surface area contributed by atoms with Gasteiger partial charge in [0.05, 0.1) is 26.4 Å². The molecule has 9 nitrogen and oxygen atoms in total. The van der Waals surface area contributed by atoms with Crippen molar-refractivity contribution in [3.63, 3.8) is 0 Å². The summed E-state index contributed by atoms with van der Waals surface area (Å²) in [7, 11) is -4.55. The molecule has 3 atom stereocenters. The molecular formula is C48H77O9P. The summed E-state index contributed by atoms with van der Waals surface area (Å²) >= 11 is 0. The summed E-state index contributed by atoms with van der Waals surface area (Å²) in [5.74, 6) is -0.477. The molecular weight excluding hydrogens is 751 g/mol. The number of carbonyl (C=O) groups is 1. The van der Waals surface area contributed by atoms with Crippen LogP contribution in [0.2, 0.25) is 0 Å². The number of aliphatic hydroxyl groups excluding tert-OH is 2. The van der Waals surface area contributed by atoms with E-state index < -0.39 is 45.8 Å². The van der Waals surface area contributed by atoms with E-state index in [1.54, 1.807) is 0 Å². The van der Waals surface area contributed by atoms with Crippen LogP contribution in [0, 0.1) is 0 Å². The van der Waals surface area contributed by atoms with E-state index in [1.165, 1.54) is 0 Å². The number of allylic oxidation sites excluding steroid dienone is 20. The standard InChI is InChI=1S/C48H77O9P/c1-3-5-7-9-11-13-15-17-19-21-23-24-26-28-30-32-34-36-38-40-48(51)57-47(45-56-58(52,53)55-43-46(50)42-49)44-54-41-39-37-35-33-31-29-27-25-22-20-18-16-14-12-10-8-6-4-2/h5-8,11-14,17-20,23-25,27-28,30,34,36,46-47,49-50H,3-4,9-10,15-16,21-22,26,29,31-33,35,37-45H2,1-2H3,(H,52,53)/b7-5-,8-6-,13-11-,14-12-,19-17-,20-18-,24-23-,27-25-,30-28-,36-34-. The van der Waals surface area contributed by atoms with E-state index >= 15 is 0 Å². The fourth-order valence-corrected chi connectivity index (χ4v) is 5.75. The molecule has 0 rings (SSSR count). The number of carbonyl (C=O) groups excluding carboxylic acids is 1. The van der Waals surface area contributed by atoms with Crippen LogP contribution in [0.5, 0.6) is 0 Å². The second-order valence-electron chi connectivity index (χ2n) is 13.6. The van der Waals surface area contributed by atoms with Crippen LogP contribution in [-0.2, 0) is 27.9 Å². The van der Waals surface area contributed by atoms with Crippen LogP contribution >= 0.6 is 7.82 Å². The maximum Gasteiger partial charge on any atom is 0.472 e. The first-order valence-electron chi connectivity index (χ1n) is 21.5. The van der Waals surface area contributed by atoms with E-state index in [4.69, 9.17) is 23.6 Å². The topological polar surface area (TPSA) is 132 Å². The molecule has 58 heavy (non-hydrogen) atoms. The fourth-order valence-electron chi connectivity index (χ4n) is 4.96. The number of esters is 1. The Balaban J connectivity index is 4.38. The van der Waals surface area contributed by atoms with Gasteiger partial charge in [0.15, 0.2) is 0 Å². The number of rotatable bonds is 39. The Kier molecular flexibility index (Phi) is 41.1. The third-order valence-electron chi connectivity index (χ3n) is 8.16. The van der Waals surface area contributed by atoms with Crippen molar-refractivity contribution in [3.8, 4) is 0 Å². The lowest BCUT2D eigenvalue weighted by Gasteiger charge is -2.20. The first-order valence-corrected chi connectivity index (χ1v) is 23.0. The number of unbranched alkanes of at least 4 members (excludes halogenated alkanes) is 5. The van der Waals surface area contributed by atoms with Crippen LogP contribution in [0.4, 0.5) is 0 Å². The average Bonchev–Trinajstić information content (AvgIpc) is 3.21. The monoisotopic (exact) mass is 829 g/mol. The van der Waals surface area contributed by atoms with Crippen molar-refractivity contribution >= 4 is 13.8 Å². The van der Waals surface area contributed by atoms with Crippen molar-refractivity contribution in [1.29, 1.82) is 0 Å². The van der Waals surface area contributed by atoms with Crippen LogP contribution in [-0.4, -0.2) is 66.3 Å². The fraction of sp³-hybridized carbons (Fsp3) is 0.562. The van der Waals surface area contributed by atoms with Crippen LogP contribution in [0.1, 0.15) is 129 Å². The van der Waals surface area contributed by atoms with Crippen LogP contribution in [0.3, 0.4) is 0 Å². The second kappa shape index (κ2) is 43.4. The maximum atomic E-state index is 12.6. The second-order valence-corrected chi connectivity index (χ2v) is 15.0. The number of phosphoric acid groups is 1. The number of hydrogen-bond donors (Lipinski definition) is 3. The molecule has 0 amide bonds. The van der Waals surface area contributed by atoms with Gasteiger partial charge in [-0.2, -0.15) is 0 Å². The maximum absolute atomic E-state index is 12.6. The van der Waals surface area contributed by atoms with Crippen molar-refractivity contribution in [1.82, 2.24) is 0 Å². The SMILES string of the molecule is CC/C=C\C/C=C\C/C=C\C/C=C\C/C=C\C/C=C\CCC(=O)OC(COCCCCCCC/C=C\C/C=C\C/C=C\C/C=C\CC)COP(=O)(O)OCC(O)CO. The Hall–Kier alpha value is -3.14. The largest absolute Gasteiger partial charge is 0.472 e. The van der Waals surface area contributed by atoms with Gasteiger partial charge in [-0.1, -0.05) is 155 Å². The highest BCUT2D eigenvalue weighted by Crippen LogP contribution is 2.43. The molecule has 0 aliphatic rings. The Morgan fingerprint density at radius 1 is 0.534 bits per heavy atom. The summed E-state index contributed by atoms with van der Waals surface area (Å²) in [5.41, 5.74) is 0. The lowest BCUT2D eigenvalue weighted by molar-refractivity contribution is -0.154. The molecule has 3 unspecified atom stereocenters. The minimum absolute atomic E-state index is 0.00323. The summed E-state index contributed by atoms with van der Waals surface area (Å²) in [6, 6.07) is 0. The van der Waals surface area contributed by atoms with Gasteiger partial charge in [-0.15, -0.1) is 0 Å². The lowest BCUT2D eigenvalue weighted by atomic mass is 10.1. The van der Waals surface area contributed by atoms with E-state index in [2.05, 4.69) is 123 Å². The molecule has 0 spiro atoms. The van der Waals surface area contributed by atoms with Crippen molar-refractivity contribution in [2.24, 2.45) is 0 Å². The summed E-state index contributed by atoms with van der Waals surface area (Å²) < 4.78 is 33.3. The molecule has 0 aromatic heterocycles. The summed E-state index contributed by atoms with van der Waals surface area (Å²) in [6.45, 7) is 3.10. The highest BCUT2D eigenvalue weighted by Gasteiger charge is 2.26. The zero-order valence-electron chi connectivity index (χ0n) is 35.7. The van der Waals surface area contributed by atoms with Gasteiger partial charge in [0.1, 0.15) is 12.2 Å². The number of phosphoric ester groups is 1. The summed E-state index contributed by atoms with van der Waals surface area (Å²) in [6.07, 6.45) is 57.4. The van der Waals surface area contributed by atoms with Crippen molar-refractivity contribution in [2.45, 2.75) is 142 Å². The summed E-state index contributed by atoms with van der Waals surface area (Å²) in [4.78, 5) is 22.6. The van der Waals surface area contributed by atoms with Gasteiger partial charge in [0.2, 0.25) is 0 Å². The van der Waals surface area contributed by atoms with E-state index in [0.717, 1.165) is 103 Å². The van der Waals surface area contributed by atoms with Gasteiger partial charge in [-0.05, 0) is 89.9 Å². The molecule has 0 aliphatic carbocycles. The Bertz CT molecular complexity index is 1310. The minimum Gasteiger partial charge on any atom is -0.457 e. The van der Waals surface area contributed by atoms with Gasteiger partial charge in [0, 0.05) is 13.0 Å². The molecule has 0 fully saturated rings. The van der Waals surface area contributed by atoms with E-state index in [-0.39, 0.29) is 13.0 Å². The van der Waals surface area contributed by atoms with Gasteiger partial charge in [-0.25, -0.2) is 4.57 Å². The third kappa shape index (κ3) is 42.5. The highest BCUT2D eigenvalue weighted by molar-refractivity contribution is 7.47. The van der Waals surface area contributed by atoms with Gasteiger partial charge in [0.25, 0.3) is 0 Å². The van der Waals surface area contributed by atoms with Crippen LogP contribution in [0.25, 0.3) is 0 Å². The zero-order valence-corrected chi connectivity index (χ0v) is 36.6. The van der Waals surface area contributed by atoms with Crippen molar-refractivity contribution < 1.29 is 43.0 Å². The van der Waals surface area contributed by atoms with Gasteiger partial charge >= 0.3 is 13.8 Å². The number of ether oxygens (including phenoxy) is 2. The highest BCUT2D eigenvalue weighted by atomic mass is 31.2. The molecule has 10 heteroatoms. The molecule has 0 aromatic carbocycles. The van der Waals surface area contributed by atoms with Gasteiger partial charge < -0.3 is 24.6 Å². The molecule has 0 aromatic rings. The van der Waals surface area contributed by atoms with Gasteiger partial charge in [-0.3, -0.25) is 13.8 Å². The van der Waals surface area contributed by atoms with Crippen molar-refractivity contribution in [2.75, 3.05) is 33.0 Å². The van der Waals surface area contributed by atoms with E-state index in [9.17, 15) is 19.4 Å². The number of aliphatic hydroxyl groups is 2. The predicted molar refractivity (Wildman–Crippen MR) is 241 cm³/mol. The van der Waals surface area contributed by atoms with E-state index in [0.29, 0.717) is 13.0 Å². The smallest absolute Gasteiger partial charge is 0.457 e. The van der Waals surface area contributed by atoms with Crippen molar-refractivity contribution in [3.05, 3.63) is 122 Å². The predicted octanol–water partition coefficient (Wildman–Crippen LogP) is 12.0. The molecule has 3 N–H and O–H groups in total. The zero-order chi connectivity index (χ0) is 42.5. The third-order valence-corrected chi connectivity index (χ3v) is 9.11. The molecule has 0 aliphatic heterocycles. The molecule has 0 radical (unpaired) electrons. The molecule has 0 saturated carbocycles. The normalized spacial score (nSPS) is 15.2.